The molecular formula is C83H78F13N11O13. The molecule has 0 saturated heterocycles. The fourth-order valence-electron chi connectivity index (χ4n) is 11.0. The van der Waals surface area contributed by atoms with Crippen molar-refractivity contribution in [3.63, 3.8) is 0 Å². The zero-order chi connectivity index (χ0) is 85.6. The Morgan fingerprint density at radius 2 is 0.692 bits per heavy atom. The van der Waals surface area contributed by atoms with E-state index < -0.39 is 99.0 Å². The molecule has 0 aliphatic heterocycles. The van der Waals surface area contributed by atoms with E-state index >= 15 is 0 Å². The quantitative estimate of drug-likeness (QED) is 0.0275. The first-order chi connectivity index (χ1) is 57.9. The predicted molar refractivity (Wildman–Crippen MR) is 408 cm³/mol. The Kier molecular flexibility index (Phi) is 32.8. The number of alkyl halides is 13. The number of aryl methyl sites for hydroxylation is 2. The van der Waals surface area contributed by atoms with Crippen molar-refractivity contribution in [1.29, 1.82) is 0 Å². The van der Waals surface area contributed by atoms with Crippen molar-refractivity contribution in [3.05, 3.63) is 226 Å². The third kappa shape index (κ3) is 25.8. The molecule has 0 bridgehead atoms. The summed E-state index contributed by atoms with van der Waals surface area (Å²) in [6, 6.07) is 44.8. The normalized spacial score (nSPS) is 11.5. The van der Waals surface area contributed by atoms with Gasteiger partial charge in [-0.15, -0.1) is 5.10 Å². The molecule has 24 nitrogen and oxygen atoms in total. The number of ether oxygens (including phenoxy) is 7. The molecule has 0 atom stereocenters. The van der Waals surface area contributed by atoms with E-state index in [0.717, 1.165) is 94.8 Å². The molecular weight excluding hydrogens is 1600 g/mol. The first kappa shape index (κ1) is 89.9. The zero-order valence-electron chi connectivity index (χ0n) is 64.4. The number of aromatic nitrogens is 11. The summed E-state index contributed by atoms with van der Waals surface area (Å²) in [5.41, 5.74) is 5.93. The smallest absolute Gasteiger partial charge is 0.419 e. The topological polar surface area (TPSA) is 291 Å². The number of nitrogens with zero attached hydrogens (tertiary/aromatic N) is 11. The van der Waals surface area contributed by atoms with Crippen molar-refractivity contribution >= 4 is 0 Å². The van der Waals surface area contributed by atoms with Crippen molar-refractivity contribution in [2.45, 2.75) is 78.5 Å². The maximum absolute atomic E-state index is 13.4. The summed E-state index contributed by atoms with van der Waals surface area (Å²) in [5.74, 6) is 0.630. The van der Waals surface area contributed by atoms with Crippen LogP contribution < -0.4 is 18.9 Å². The van der Waals surface area contributed by atoms with Gasteiger partial charge in [0, 0.05) is 51.1 Å². The van der Waals surface area contributed by atoms with E-state index in [-0.39, 0.29) is 78.3 Å². The molecule has 37 heteroatoms. The standard InChI is InChI=1S/C23H27FN2O4.C21H17F4N5O3.C20H18F4N2O4.C19H16F4N2O2/c1-3-11-27-13-14-28-16-18-4-6-19(7-5-18)22-25-23(30-26-22)20-8-9-21(17(2)15-20)29-12-10-24;22-7-8-32-18-6-5-15(9-17(18)21(23,24)25)20-26-19(28-33-20)14-3-1-13(2-4-14)10-30-11-16(12-31)27-29-30;21-7-9-29-17-6-5-15(11-16(17)20(22,23)24)19-25-18(26-30-19)14-3-1-13(2-4-14)12-28-10-8-27;1-2-12-3-5-13(6-4-12)17-24-18(27-25-17)14-7-8-16(26-10-9-20)15(11-14)19(21,22)23/h4-9,15H,3,10-14,16H2,1-2H3;1-6,9,11,31H,7-8,10,12H2;1-6,11,27H,7-10,12H2;3-8,11H,2,9-10H2,1H3/i24-1;22-1;21-1;20-1. The zero-order valence-corrected chi connectivity index (χ0v) is 64.4. The summed E-state index contributed by atoms with van der Waals surface area (Å²) >= 11 is 0. The highest BCUT2D eigenvalue weighted by Gasteiger charge is 2.38. The molecule has 2 N–H and O–H groups in total. The second-order valence-corrected chi connectivity index (χ2v) is 25.6. The summed E-state index contributed by atoms with van der Waals surface area (Å²) in [6.45, 7) is 4.61. The van der Waals surface area contributed by atoms with Gasteiger partial charge in [0.2, 0.25) is 23.3 Å². The van der Waals surface area contributed by atoms with E-state index in [2.05, 4.69) is 57.8 Å². The minimum atomic E-state index is -4.71. The minimum Gasteiger partial charge on any atom is -0.491 e. The van der Waals surface area contributed by atoms with Crippen molar-refractivity contribution in [2.75, 3.05) is 86.2 Å². The Morgan fingerprint density at radius 3 is 1.02 bits per heavy atom. The van der Waals surface area contributed by atoms with Crippen LogP contribution in [0, 0.1) is 6.92 Å². The number of aliphatic hydroxyl groups excluding tert-OH is 2. The van der Waals surface area contributed by atoms with Gasteiger partial charge in [-0.2, -0.15) is 59.4 Å². The lowest BCUT2D eigenvalue weighted by molar-refractivity contribution is -0.139. The van der Waals surface area contributed by atoms with Crippen LogP contribution in [0.25, 0.3) is 91.4 Å². The van der Waals surface area contributed by atoms with Gasteiger partial charge in [-0.1, -0.05) is 137 Å². The third-order valence-electron chi connectivity index (χ3n) is 16.9. The Morgan fingerprint density at radius 1 is 0.367 bits per heavy atom. The van der Waals surface area contributed by atoms with Crippen molar-refractivity contribution in [2.24, 2.45) is 0 Å². The van der Waals surface area contributed by atoms with Gasteiger partial charge in [-0.3, -0.25) is 0 Å². The Balaban J connectivity index is 0.000000168. The first-order valence-corrected chi connectivity index (χ1v) is 37.0. The van der Waals surface area contributed by atoms with Crippen LogP contribution in [0.3, 0.4) is 0 Å². The van der Waals surface area contributed by atoms with Crippen LogP contribution in [-0.4, -0.2) is 152 Å². The molecule has 0 unspecified atom stereocenters. The van der Waals surface area contributed by atoms with E-state index in [1.165, 1.54) is 18.2 Å². The number of rotatable bonds is 35. The van der Waals surface area contributed by atoms with Gasteiger partial charge < -0.3 is 61.5 Å². The van der Waals surface area contributed by atoms with E-state index in [1.807, 2.05) is 86.6 Å². The number of benzene rings is 8. The van der Waals surface area contributed by atoms with Crippen molar-refractivity contribution in [1.82, 2.24) is 55.6 Å². The van der Waals surface area contributed by atoms with Gasteiger partial charge in [0.05, 0.1) is 75.7 Å². The van der Waals surface area contributed by atoms with Crippen LogP contribution in [0.1, 0.15) is 70.5 Å². The summed E-state index contributed by atoms with van der Waals surface area (Å²) in [6.07, 6.45) is -10.5. The molecule has 0 fully saturated rings. The van der Waals surface area contributed by atoms with Gasteiger partial charge in [0.25, 0.3) is 23.6 Å². The number of hydrogen-bond donors (Lipinski definition) is 2. The second kappa shape index (κ2) is 43.8. The SMILES string of the molecule is CCCOCCOCc1ccc(-c2noc(-c3ccc(OCC[18F])c(C)c3)n2)cc1.CCc1ccc(-c2noc(-c3ccc(OCC[18F])c(C(F)(F)F)c3)n2)cc1.OCCOCc1ccc(-c2noc(-c3ccc(OCC[18F])c(C(F)(F)F)c3)n2)cc1.OCc1cn(Cc2ccc(-c3noc(-c4ccc(OCC[18F])c(C(F)(F)F)c4)n3)cc2)nn1. The van der Waals surface area contributed by atoms with Crippen LogP contribution >= 0.6 is 0 Å². The van der Waals surface area contributed by atoms with Gasteiger partial charge >= 0.3 is 18.5 Å². The molecule has 0 aliphatic rings. The molecule has 0 radical (unpaired) electrons. The van der Waals surface area contributed by atoms with Crippen LogP contribution in [0.15, 0.2) is 194 Å². The monoisotopic (exact) mass is 1680 g/mol. The van der Waals surface area contributed by atoms with E-state index in [1.54, 1.807) is 53.3 Å². The maximum atomic E-state index is 13.4. The Bertz CT molecular complexity index is 5300. The van der Waals surface area contributed by atoms with Crippen molar-refractivity contribution < 1.29 is 119 Å². The molecule has 8 aromatic carbocycles. The van der Waals surface area contributed by atoms with Crippen molar-refractivity contribution in [3.8, 4) is 114 Å². The third-order valence-corrected chi connectivity index (χ3v) is 16.9. The van der Waals surface area contributed by atoms with E-state index in [4.69, 9.17) is 61.5 Å². The Hall–Kier alpha value is -12.5. The Labute approximate surface area is 676 Å². The molecule has 0 saturated carbocycles. The van der Waals surface area contributed by atoms with Crippen LogP contribution in [0.2, 0.25) is 0 Å². The predicted octanol–water partition coefficient (Wildman–Crippen LogP) is 18.5. The van der Waals surface area contributed by atoms with Gasteiger partial charge in [0.1, 0.15) is 81.8 Å². The number of hydrogen-bond acceptors (Lipinski definition) is 23. The molecule has 0 spiro atoms. The van der Waals surface area contributed by atoms with Gasteiger partial charge in [-0.25, -0.2) is 22.2 Å². The molecule has 0 amide bonds. The van der Waals surface area contributed by atoms with Gasteiger partial charge in [0.15, 0.2) is 0 Å². The average molecular weight is 1680 g/mol. The largest absolute Gasteiger partial charge is 0.491 e. The molecule has 5 heterocycles. The lowest BCUT2D eigenvalue weighted by Gasteiger charge is -2.13. The molecule has 0 aliphatic carbocycles. The summed E-state index contributed by atoms with van der Waals surface area (Å²) < 4.78 is 228. The number of halogens is 13. The highest BCUT2D eigenvalue weighted by Crippen LogP contribution is 2.43. The highest BCUT2D eigenvalue weighted by atomic mass is 19.4. The van der Waals surface area contributed by atoms with E-state index in [9.17, 15) is 57.1 Å². The summed E-state index contributed by atoms with van der Waals surface area (Å²) in [7, 11) is 0. The summed E-state index contributed by atoms with van der Waals surface area (Å²) in [4.78, 5) is 17.0. The molecule has 120 heavy (non-hydrogen) atoms. The minimum absolute atomic E-state index is 0.0402. The van der Waals surface area contributed by atoms with Crippen LogP contribution in [0.5, 0.6) is 23.0 Å². The van der Waals surface area contributed by atoms with Crippen LogP contribution in [0.4, 0.5) is 57.1 Å². The molecule has 13 rings (SSSR count). The lowest BCUT2D eigenvalue weighted by atomic mass is 10.1. The summed E-state index contributed by atoms with van der Waals surface area (Å²) in [5, 5.41) is 41.1. The molecule has 13 aromatic rings. The fraction of sp³-hybridized carbons (Fsp3) is 0.301. The highest BCUT2D eigenvalue weighted by molar-refractivity contribution is 5.66. The first-order valence-electron chi connectivity index (χ1n) is 37.0. The average Bonchev–Trinajstić information content (AvgIpc) is 1.52. The molecule has 634 valence electrons. The number of aliphatic hydroxyl groups is 2. The maximum Gasteiger partial charge on any atom is 0.419 e. The lowest BCUT2D eigenvalue weighted by Crippen LogP contribution is -2.10. The van der Waals surface area contributed by atoms with E-state index in [0.29, 0.717) is 72.8 Å². The fourth-order valence-corrected chi connectivity index (χ4v) is 11.0. The second-order valence-electron chi connectivity index (χ2n) is 25.6. The van der Waals surface area contributed by atoms with Crippen LogP contribution in [-0.2, 0) is 65.5 Å². The van der Waals surface area contributed by atoms with Gasteiger partial charge in [-0.05, 0) is 120 Å². The molecule has 5 aromatic heterocycles.